The van der Waals surface area contributed by atoms with Crippen molar-refractivity contribution < 1.29 is 4.79 Å². The topological polar surface area (TPSA) is 90.7 Å². The maximum Gasteiger partial charge on any atom is 0.275 e. The fourth-order valence-corrected chi connectivity index (χ4v) is 2.34. The average molecular weight is 343 g/mol. The van der Waals surface area contributed by atoms with Crippen LogP contribution in [0, 0.1) is 11.3 Å². The minimum absolute atomic E-state index is 0.225. The van der Waals surface area contributed by atoms with Crippen molar-refractivity contribution in [2.24, 2.45) is 0 Å². The molecule has 2 aromatic carbocycles. The molecule has 26 heavy (non-hydrogen) atoms. The first-order valence-corrected chi connectivity index (χ1v) is 8.16. The number of benzene rings is 2. The molecule has 0 aliphatic rings. The highest BCUT2D eigenvalue weighted by Gasteiger charge is 2.08. The first-order chi connectivity index (χ1) is 12.7. The van der Waals surface area contributed by atoms with Crippen LogP contribution in [0.4, 0.5) is 11.5 Å². The summed E-state index contributed by atoms with van der Waals surface area (Å²) >= 11 is 0. The molecule has 3 aromatic rings. The zero-order valence-corrected chi connectivity index (χ0v) is 14.0. The molecule has 128 valence electrons. The molecule has 1 aromatic heterocycles. The Balaban J connectivity index is 1.53. The number of nitriles is 1. The van der Waals surface area contributed by atoms with Crippen LogP contribution in [0.1, 0.15) is 21.6 Å². The quantitative estimate of drug-likeness (QED) is 0.717. The Morgan fingerprint density at radius 3 is 2.42 bits per heavy atom. The maximum atomic E-state index is 12.2. The maximum absolute atomic E-state index is 12.2. The lowest BCUT2D eigenvalue weighted by molar-refractivity contribution is 0.102. The number of carbonyl (C=O) groups is 1. The van der Waals surface area contributed by atoms with E-state index in [9.17, 15) is 4.79 Å². The Morgan fingerprint density at radius 1 is 1.00 bits per heavy atom. The Bertz CT molecular complexity index is 900. The predicted molar refractivity (Wildman–Crippen MR) is 99.8 cm³/mol. The minimum atomic E-state index is -0.349. The molecular formula is C20H17N5O. The van der Waals surface area contributed by atoms with Gasteiger partial charge < -0.3 is 10.6 Å². The van der Waals surface area contributed by atoms with Gasteiger partial charge in [-0.1, -0.05) is 30.3 Å². The summed E-state index contributed by atoms with van der Waals surface area (Å²) < 4.78 is 0. The number of rotatable bonds is 6. The summed E-state index contributed by atoms with van der Waals surface area (Å²) in [6.45, 7) is 0.732. The van der Waals surface area contributed by atoms with Crippen molar-refractivity contribution in [1.29, 1.82) is 5.26 Å². The number of carbonyl (C=O) groups excluding carboxylic acids is 1. The number of hydrogen-bond acceptors (Lipinski definition) is 5. The molecule has 0 unspecified atom stereocenters. The Hall–Kier alpha value is -3.72. The van der Waals surface area contributed by atoms with Gasteiger partial charge in [-0.15, -0.1) is 0 Å². The molecule has 0 saturated carbocycles. The molecular weight excluding hydrogens is 326 g/mol. The van der Waals surface area contributed by atoms with Crippen LogP contribution in [0.2, 0.25) is 0 Å². The van der Waals surface area contributed by atoms with Gasteiger partial charge in [0.15, 0.2) is 0 Å². The summed E-state index contributed by atoms with van der Waals surface area (Å²) in [6, 6.07) is 18.8. The van der Waals surface area contributed by atoms with E-state index in [0.29, 0.717) is 17.1 Å². The molecule has 0 atom stereocenters. The van der Waals surface area contributed by atoms with Crippen LogP contribution < -0.4 is 10.6 Å². The fourth-order valence-electron chi connectivity index (χ4n) is 2.34. The molecule has 0 spiro atoms. The first-order valence-electron chi connectivity index (χ1n) is 8.16. The lowest BCUT2D eigenvalue weighted by Crippen LogP contribution is -2.15. The Morgan fingerprint density at radius 2 is 1.77 bits per heavy atom. The number of anilines is 2. The van der Waals surface area contributed by atoms with E-state index in [-0.39, 0.29) is 11.6 Å². The lowest BCUT2D eigenvalue weighted by Gasteiger charge is -2.07. The highest BCUT2D eigenvalue weighted by molar-refractivity contribution is 6.02. The van der Waals surface area contributed by atoms with Gasteiger partial charge in [-0.3, -0.25) is 4.79 Å². The Kier molecular flexibility index (Phi) is 5.53. The lowest BCUT2D eigenvalue weighted by atomic mass is 10.1. The highest BCUT2D eigenvalue weighted by atomic mass is 16.1. The molecule has 3 rings (SSSR count). The molecule has 0 radical (unpaired) electrons. The van der Waals surface area contributed by atoms with Crippen molar-refractivity contribution in [1.82, 2.24) is 9.97 Å². The third-order valence-electron chi connectivity index (χ3n) is 3.72. The number of nitrogens with zero attached hydrogens (tertiary/aromatic N) is 3. The van der Waals surface area contributed by atoms with Crippen LogP contribution in [0.25, 0.3) is 0 Å². The van der Waals surface area contributed by atoms with Crippen molar-refractivity contribution in [3.05, 3.63) is 83.8 Å². The fraction of sp³-hybridized carbons (Fsp3) is 0.100. The van der Waals surface area contributed by atoms with Gasteiger partial charge in [0.25, 0.3) is 5.91 Å². The van der Waals surface area contributed by atoms with Gasteiger partial charge in [-0.2, -0.15) is 5.26 Å². The van der Waals surface area contributed by atoms with Crippen molar-refractivity contribution in [3.8, 4) is 6.07 Å². The molecule has 6 nitrogen and oxygen atoms in total. The normalized spacial score (nSPS) is 9.96. The Labute approximate surface area is 151 Å². The summed E-state index contributed by atoms with van der Waals surface area (Å²) in [5, 5.41) is 14.7. The molecule has 0 fully saturated rings. The molecule has 2 N–H and O–H groups in total. The summed E-state index contributed by atoms with van der Waals surface area (Å²) in [5.74, 6) is 0.272. The third-order valence-corrected chi connectivity index (χ3v) is 3.72. The molecule has 0 aliphatic carbocycles. The van der Waals surface area contributed by atoms with Crippen LogP contribution in [0.3, 0.4) is 0 Å². The molecule has 6 heteroatoms. The van der Waals surface area contributed by atoms with Gasteiger partial charge in [0.05, 0.1) is 24.0 Å². The second-order valence-corrected chi connectivity index (χ2v) is 5.59. The highest BCUT2D eigenvalue weighted by Crippen LogP contribution is 2.10. The van der Waals surface area contributed by atoms with E-state index < -0.39 is 0 Å². The largest absolute Gasteiger partial charge is 0.368 e. The van der Waals surface area contributed by atoms with Crippen LogP contribution in [0.5, 0.6) is 0 Å². The third kappa shape index (κ3) is 4.65. The van der Waals surface area contributed by atoms with Crippen LogP contribution in [0.15, 0.2) is 67.0 Å². The number of nitrogens with one attached hydrogen (secondary N) is 2. The molecule has 0 saturated heterocycles. The van der Waals surface area contributed by atoms with Gasteiger partial charge in [0, 0.05) is 12.2 Å². The summed E-state index contributed by atoms with van der Waals surface area (Å²) in [4.78, 5) is 20.5. The standard InChI is InChI=1S/C20H17N5O/c21-12-16-6-8-17(9-7-16)25-20(26)18-13-24-19(14-23-18)22-11-10-15-4-2-1-3-5-15/h1-9,13-14H,10-11H2,(H,22,24)(H,25,26). The van der Waals surface area contributed by atoms with Gasteiger partial charge in [-0.05, 0) is 36.2 Å². The van der Waals surface area contributed by atoms with Gasteiger partial charge >= 0.3 is 0 Å². The average Bonchev–Trinajstić information content (AvgIpc) is 2.70. The molecule has 1 heterocycles. The second-order valence-electron chi connectivity index (χ2n) is 5.59. The van der Waals surface area contributed by atoms with Crippen molar-refractivity contribution in [2.45, 2.75) is 6.42 Å². The number of amides is 1. The first kappa shape index (κ1) is 17.1. The van der Waals surface area contributed by atoms with Gasteiger partial charge in [0.2, 0.25) is 0 Å². The van der Waals surface area contributed by atoms with Crippen molar-refractivity contribution >= 4 is 17.4 Å². The van der Waals surface area contributed by atoms with Crippen molar-refractivity contribution in [3.63, 3.8) is 0 Å². The predicted octanol–water partition coefficient (Wildman–Crippen LogP) is 3.26. The van der Waals surface area contributed by atoms with E-state index in [2.05, 4.69) is 32.7 Å². The molecule has 1 amide bonds. The molecule has 0 aliphatic heterocycles. The summed E-state index contributed by atoms with van der Waals surface area (Å²) in [7, 11) is 0. The number of hydrogen-bond donors (Lipinski definition) is 2. The minimum Gasteiger partial charge on any atom is -0.368 e. The zero-order chi connectivity index (χ0) is 18.2. The zero-order valence-electron chi connectivity index (χ0n) is 14.0. The van der Waals surface area contributed by atoms with E-state index in [1.807, 2.05) is 24.3 Å². The molecule has 0 bridgehead atoms. The SMILES string of the molecule is N#Cc1ccc(NC(=O)c2cnc(NCCc3ccccc3)cn2)cc1. The summed E-state index contributed by atoms with van der Waals surface area (Å²) in [6.07, 6.45) is 3.85. The van der Waals surface area contributed by atoms with E-state index in [4.69, 9.17) is 5.26 Å². The van der Waals surface area contributed by atoms with E-state index in [0.717, 1.165) is 13.0 Å². The van der Waals surface area contributed by atoms with E-state index >= 15 is 0 Å². The summed E-state index contributed by atoms with van der Waals surface area (Å²) in [5.41, 5.74) is 2.60. The smallest absolute Gasteiger partial charge is 0.275 e. The van der Waals surface area contributed by atoms with Gasteiger partial charge in [0.1, 0.15) is 11.5 Å². The van der Waals surface area contributed by atoms with Crippen LogP contribution in [-0.2, 0) is 6.42 Å². The van der Waals surface area contributed by atoms with Gasteiger partial charge in [-0.25, -0.2) is 9.97 Å². The van der Waals surface area contributed by atoms with Crippen LogP contribution in [-0.4, -0.2) is 22.4 Å². The van der Waals surface area contributed by atoms with E-state index in [1.165, 1.54) is 11.8 Å². The van der Waals surface area contributed by atoms with Crippen LogP contribution >= 0.6 is 0 Å². The second kappa shape index (κ2) is 8.40. The number of aromatic nitrogens is 2. The van der Waals surface area contributed by atoms with E-state index in [1.54, 1.807) is 30.5 Å². The van der Waals surface area contributed by atoms with Crippen molar-refractivity contribution in [2.75, 3.05) is 17.2 Å². The monoisotopic (exact) mass is 343 g/mol.